The molecule has 0 saturated carbocycles. The van der Waals surface area contributed by atoms with Gasteiger partial charge < -0.3 is 0 Å². The number of carbonyl (C=O) groups is 1. The van der Waals surface area contributed by atoms with Gasteiger partial charge >= 0.3 is 0 Å². The second-order valence-electron chi connectivity index (χ2n) is 6.13. The van der Waals surface area contributed by atoms with Crippen molar-refractivity contribution in [3.05, 3.63) is 35.4 Å². The first-order valence-electron chi connectivity index (χ1n) is 7.58. The molecule has 2 bridgehead atoms. The summed E-state index contributed by atoms with van der Waals surface area (Å²) in [5.41, 5.74) is 1.51. The molecule has 2 unspecified atom stereocenters. The zero-order valence-electron chi connectivity index (χ0n) is 12.0. The molecule has 1 aromatic carbocycles. The molecule has 0 N–H and O–H groups in total. The van der Waals surface area contributed by atoms with E-state index in [0.29, 0.717) is 12.0 Å². The van der Waals surface area contributed by atoms with E-state index in [1.54, 1.807) is 12.1 Å². The van der Waals surface area contributed by atoms with Crippen LogP contribution in [0.25, 0.3) is 0 Å². The average molecular weight is 301 g/mol. The molecule has 21 heavy (non-hydrogen) atoms. The largest absolute Gasteiger partial charge is 0.299 e. The summed E-state index contributed by atoms with van der Waals surface area (Å²) in [5, 5.41) is 9.38. The number of hydrogen-bond acceptors (Lipinski definition) is 3. The van der Waals surface area contributed by atoms with Gasteiger partial charge in [-0.2, -0.15) is 5.26 Å². The summed E-state index contributed by atoms with van der Waals surface area (Å²) < 4.78 is 12.2. The lowest BCUT2D eigenvalue weighted by atomic mass is 9.84. The van der Waals surface area contributed by atoms with Gasteiger partial charge in [-0.3, -0.25) is 9.00 Å². The number of carbonyl (C=O) groups excluding carboxylic acids is 1. The molecule has 2 aliphatic heterocycles. The maximum Gasteiger partial charge on any atom is 0.140 e. The van der Waals surface area contributed by atoms with E-state index in [9.17, 15) is 9.00 Å². The first-order valence-corrected chi connectivity index (χ1v) is 8.86. The van der Waals surface area contributed by atoms with Crippen LogP contribution >= 0.6 is 0 Å². The van der Waals surface area contributed by atoms with Crippen LogP contribution in [0, 0.1) is 17.2 Å². The standard InChI is InChI=1S/C17H19NO2S/c18-11-13-4-1-3-12(7-13)8-17(19)14-9-15-5-2-6-16(10-14)21(15)20/h1,3-4,7,14-16H,2,5-6,8-10H2. The van der Waals surface area contributed by atoms with Crippen LogP contribution in [0.1, 0.15) is 43.2 Å². The lowest BCUT2D eigenvalue weighted by Crippen LogP contribution is -2.41. The van der Waals surface area contributed by atoms with Crippen LogP contribution in [0.4, 0.5) is 0 Å². The van der Waals surface area contributed by atoms with Gasteiger partial charge in [-0.25, -0.2) is 0 Å². The van der Waals surface area contributed by atoms with E-state index in [-0.39, 0.29) is 22.2 Å². The Bertz CT molecular complexity index is 603. The van der Waals surface area contributed by atoms with Crippen LogP contribution in [0.3, 0.4) is 0 Å². The van der Waals surface area contributed by atoms with E-state index in [4.69, 9.17) is 5.26 Å². The summed E-state index contributed by atoms with van der Waals surface area (Å²) in [6, 6.07) is 9.38. The first-order chi connectivity index (χ1) is 10.2. The first kappa shape index (κ1) is 14.5. The molecule has 1 aromatic rings. The third-order valence-corrected chi connectivity index (χ3v) is 6.86. The van der Waals surface area contributed by atoms with Crippen molar-refractivity contribution in [3.8, 4) is 6.07 Å². The van der Waals surface area contributed by atoms with Crippen LogP contribution in [-0.4, -0.2) is 20.5 Å². The molecular weight excluding hydrogens is 282 g/mol. The van der Waals surface area contributed by atoms with E-state index in [1.165, 1.54) is 0 Å². The van der Waals surface area contributed by atoms with Crippen molar-refractivity contribution < 1.29 is 9.00 Å². The molecule has 2 fully saturated rings. The Balaban J connectivity index is 1.68. The fraction of sp³-hybridized carbons (Fsp3) is 0.529. The Morgan fingerprint density at radius 2 is 2.00 bits per heavy atom. The highest BCUT2D eigenvalue weighted by Gasteiger charge is 2.40. The van der Waals surface area contributed by atoms with Crippen molar-refractivity contribution in [3.63, 3.8) is 0 Å². The number of nitriles is 1. The molecule has 2 atom stereocenters. The normalized spacial score (nSPS) is 31.4. The average Bonchev–Trinajstić information content (AvgIpc) is 2.47. The smallest absolute Gasteiger partial charge is 0.140 e. The molecule has 0 radical (unpaired) electrons. The molecule has 110 valence electrons. The maximum atomic E-state index is 12.5. The predicted molar refractivity (Wildman–Crippen MR) is 82.2 cm³/mol. The Morgan fingerprint density at radius 3 is 2.67 bits per heavy atom. The number of nitrogens with zero attached hydrogens (tertiary/aromatic N) is 1. The molecule has 0 aromatic heterocycles. The molecule has 3 rings (SSSR count). The van der Waals surface area contributed by atoms with Crippen molar-refractivity contribution >= 4 is 16.6 Å². The zero-order chi connectivity index (χ0) is 14.8. The fourth-order valence-corrected chi connectivity index (χ4v) is 5.78. The monoisotopic (exact) mass is 301 g/mol. The summed E-state index contributed by atoms with van der Waals surface area (Å²) >= 11 is 0. The molecule has 2 saturated heterocycles. The lowest BCUT2D eigenvalue weighted by molar-refractivity contribution is -0.122. The Kier molecular flexibility index (Phi) is 4.21. The van der Waals surface area contributed by atoms with Gasteiger partial charge in [0.15, 0.2) is 0 Å². The van der Waals surface area contributed by atoms with Crippen molar-refractivity contribution in [2.24, 2.45) is 5.92 Å². The van der Waals surface area contributed by atoms with E-state index in [1.807, 2.05) is 12.1 Å². The van der Waals surface area contributed by atoms with Crippen molar-refractivity contribution in [2.75, 3.05) is 0 Å². The molecular formula is C17H19NO2S. The highest BCUT2D eigenvalue weighted by atomic mass is 32.2. The number of Topliss-reactive ketones (excluding diaryl/α,β-unsaturated/α-hetero) is 1. The van der Waals surface area contributed by atoms with Crippen LogP contribution in [0.15, 0.2) is 24.3 Å². The van der Waals surface area contributed by atoms with Gasteiger partial charge in [0.25, 0.3) is 0 Å². The third kappa shape index (κ3) is 3.08. The van der Waals surface area contributed by atoms with E-state index < -0.39 is 10.8 Å². The highest BCUT2D eigenvalue weighted by molar-refractivity contribution is 7.86. The minimum absolute atomic E-state index is 0.0590. The van der Waals surface area contributed by atoms with Gasteiger partial charge in [0.2, 0.25) is 0 Å². The van der Waals surface area contributed by atoms with Gasteiger partial charge in [0.05, 0.1) is 11.6 Å². The molecule has 2 heterocycles. The minimum atomic E-state index is -0.720. The van der Waals surface area contributed by atoms with Gasteiger partial charge in [-0.15, -0.1) is 0 Å². The van der Waals surface area contributed by atoms with Crippen LogP contribution < -0.4 is 0 Å². The van der Waals surface area contributed by atoms with Crippen LogP contribution in [0.2, 0.25) is 0 Å². The molecule has 0 aliphatic carbocycles. The summed E-state index contributed by atoms with van der Waals surface area (Å²) in [6.07, 6.45) is 5.16. The van der Waals surface area contributed by atoms with E-state index in [2.05, 4.69) is 6.07 Å². The molecule has 4 heteroatoms. The SMILES string of the molecule is N#Cc1cccc(CC(=O)C2CC3CCCC(C2)S3=O)c1. The second-order valence-corrected chi connectivity index (χ2v) is 8.12. The molecule has 2 aliphatic rings. The molecule has 0 amide bonds. The summed E-state index contributed by atoms with van der Waals surface area (Å²) in [7, 11) is -0.720. The number of rotatable bonds is 3. The fourth-order valence-electron chi connectivity index (χ4n) is 3.59. The van der Waals surface area contributed by atoms with Crippen LogP contribution in [0.5, 0.6) is 0 Å². The zero-order valence-corrected chi connectivity index (χ0v) is 12.8. The van der Waals surface area contributed by atoms with Gasteiger partial charge in [-0.05, 0) is 43.4 Å². The number of benzene rings is 1. The van der Waals surface area contributed by atoms with Gasteiger partial charge in [0.1, 0.15) is 5.78 Å². The van der Waals surface area contributed by atoms with Gasteiger partial charge in [0, 0.05) is 33.6 Å². The third-order valence-electron chi connectivity index (χ3n) is 4.69. The van der Waals surface area contributed by atoms with Crippen molar-refractivity contribution in [2.45, 2.75) is 49.0 Å². The number of fused-ring (bicyclic) bond motifs is 2. The van der Waals surface area contributed by atoms with Gasteiger partial charge in [-0.1, -0.05) is 18.6 Å². The minimum Gasteiger partial charge on any atom is -0.299 e. The Morgan fingerprint density at radius 1 is 1.29 bits per heavy atom. The quantitative estimate of drug-likeness (QED) is 0.862. The van der Waals surface area contributed by atoms with Crippen LogP contribution in [-0.2, 0) is 22.0 Å². The molecule has 3 nitrogen and oxygen atoms in total. The predicted octanol–water partition coefficient (Wildman–Crippen LogP) is 2.75. The lowest BCUT2D eigenvalue weighted by Gasteiger charge is -2.37. The topological polar surface area (TPSA) is 57.9 Å². The van der Waals surface area contributed by atoms with E-state index >= 15 is 0 Å². The number of hydrogen-bond donors (Lipinski definition) is 0. The second kappa shape index (κ2) is 6.11. The summed E-state index contributed by atoms with van der Waals surface area (Å²) in [4.78, 5) is 12.5. The maximum absolute atomic E-state index is 12.5. The summed E-state index contributed by atoms with van der Waals surface area (Å²) in [6.45, 7) is 0. The Hall–Kier alpha value is -1.47. The Labute approximate surface area is 127 Å². The summed E-state index contributed by atoms with van der Waals surface area (Å²) in [5.74, 6) is 0.308. The van der Waals surface area contributed by atoms with E-state index in [0.717, 1.165) is 37.7 Å². The van der Waals surface area contributed by atoms with Crippen molar-refractivity contribution in [1.82, 2.24) is 0 Å². The molecule has 0 spiro atoms. The highest BCUT2D eigenvalue weighted by Crippen LogP contribution is 2.37. The van der Waals surface area contributed by atoms with Crippen molar-refractivity contribution in [1.29, 1.82) is 5.26 Å². The number of ketones is 1.